The van der Waals surface area contributed by atoms with Crippen LogP contribution in [0.4, 0.5) is 5.69 Å². The molecule has 36 heavy (non-hydrogen) atoms. The minimum atomic E-state index is -0.832. The molecule has 1 aliphatic rings. The number of hydrogen-bond acceptors (Lipinski definition) is 7. The Balaban J connectivity index is 1.32. The minimum absolute atomic E-state index is 0.0400. The summed E-state index contributed by atoms with van der Waals surface area (Å²) in [5, 5.41) is 4.33. The minimum Gasteiger partial charge on any atom is -0.452 e. The lowest BCUT2D eigenvalue weighted by molar-refractivity contribution is -0.119. The van der Waals surface area contributed by atoms with E-state index in [0.717, 1.165) is 0 Å². The van der Waals surface area contributed by atoms with Crippen molar-refractivity contribution >= 4 is 46.3 Å². The maximum Gasteiger partial charge on any atom is 0.339 e. The lowest BCUT2D eigenvalue weighted by Gasteiger charge is -2.20. The molecule has 0 spiro atoms. The molecule has 0 atom stereocenters. The number of rotatable bonds is 6. The number of fused-ring (bicyclic) bond motifs is 2. The molecular formula is C28H17NO6S. The molecule has 0 unspecified atom stereocenters. The highest BCUT2D eigenvalue weighted by molar-refractivity contribution is 7.12. The first-order valence-corrected chi connectivity index (χ1v) is 11.8. The summed E-state index contributed by atoms with van der Waals surface area (Å²) in [5.74, 6) is -2.54. The first kappa shape index (κ1) is 23.1. The average Bonchev–Trinajstić information content (AvgIpc) is 3.45. The standard InChI is InChI=1S/C28H17NO6S/c30-23(15-35-28(34)19-10-4-3-9-18(19)26(32)22-13-6-14-36-22)29-21-12-5-11-20-24(21)27(33)17-8-2-1-7-16(17)25(20)31/h1-14H,15H2,(H,29,30). The van der Waals surface area contributed by atoms with E-state index in [1.165, 1.54) is 35.6 Å². The molecule has 0 saturated carbocycles. The van der Waals surface area contributed by atoms with Crippen LogP contribution in [-0.4, -0.2) is 35.8 Å². The molecule has 0 aliphatic heterocycles. The predicted molar refractivity (Wildman–Crippen MR) is 133 cm³/mol. The van der Waals surface area contributed by atoms with Crippen LogP contribution >= 0.6 is 11.3 Å². The number of carbonyl (C=O) groups excluding carboxylic acids is 5. The highest BCUT2D eigenvalue weighted by Gasteiger charge is 2.31. The number of thiophene rings is 1. The van der Waals surface area contributed by atoms with Crippen molar-refractivity contribution in [2.45, 2.75) is 0 Å². The molecule has 3 aromatic carbocycles. The zero-order valence-electron chi connectivity index (χ0n) is 18.6. The molecule has 1 N–H and O–H groups in total. The number of ether oxygens (including phenoxy) is 1. The number of hydrogen-bond donors (Lipinski definition) is 1. The SMILES string of the molecule is O=C(COC(=O)c1ccccc1C(=O)c1cccs1)Nc1cccc2c1C(=O)c1ccccc1C2=O. The monoisotopic (exact) mass is 495 g/mol. The maximum absolute atomic E-state index is 13.1. The largest absolute Gasteiger partial charge is 0.452 e. The quantitative estimate of drug-likeness (QED) is 0.274. The van der Waals surface area contributed by atoms with Crippen LogP contribution in [0.15, 0.2) is 84.2 Å². The Labute approximate surface area is 209 Å². The van der Waals surface area contributed by atoms with Crippen molar-refractivity contribution in [2.75, 3.05) is 11.9 Å². The summed E-state index contributed by atoms with van der Waals surface area (Å²) in [7, 11) is 0. The van der Waals surface area contributed by atoms with Gasteiger partial charge < -0.3 is 10.1 Å². The van der Waals surface area contributed by atoms with Gasteiger partial charge in [-0.25, -0.2) is 4.79 Å². The van der Waals surface area contributed by atoms with Crippen LogP contribution in [0.25, 0.3) is 0 Å². The lowest BCUT2D eigenvalue weighted by Crippen LogP contribution is -2.26. The second-order valence-electron chi connectivity index (χ2n) is 7.91. The molecule has 5 rings (SSSR count). The highest BCUT2D eigenvalue weighted by Crippen LogP contribution is 2.32. The normalized spacial score (nSPS) is 11.9. The van der Waals surface area contributed by atoms with E-state index < -0.39 is 18.5 Å². The number of benzene rings is 3. The summed E-state index contributed by atoms with van der Waals surface area (Å²) in [6.45, 7) is -0.650. The van der Waals surface area contributed by atoms with E-state index >= 15 is 0 Å². The molecule has 0 bridgehead atoms. The van der Waals surface area contributed by atoms with Crippen molar-refractivity contribution in [1.82, 2.24) is 0 Å². The first-order chi connectivity index (χ1) is 17.5. The van der Waals surface area contributed by atoms with Gasteiger partial charge in [-0.15, -0.1) is 11.3 Å². The smallest absolute Gasteiger partial charge is 0.339 e. The fraction of sp³-hybridized carbons (Fsp3) is 0.0357. The second kappa shape index (κ2) is 9.52. The maximum atomic E-state index is 13.1. The van der Waals surface area contributed by atoms with E-state index in [4.69, 9.17) is 4.74 Å². The Morgan fingerprint density at radius 1 is 0.722 bits per heavy atom. The predicted octanol–water partition coefficient (Wildman–Crippen LogP) is 4.55. The first-order valence-electron chi connectivity index (χ1n) is 10.9. The van der Waals surface area contributed by atoms with Crippen LogP contribution in [0.1, 0.15) is 57.4 Å². The third-order valence-corrected chi connectivity index (χ3v) is 6.57. The van der Waals surface area contributed by atoms with Gasteiger partial charge in [0.25, 0.3) is 5.91 Å². The number of carbonyl (C=O) groups is 5. The fourth-order valence-corrected chi connectivity index (χ4v) is 4.72. The van der Waals surface area contributed by atoms with Gasteiger partial charge in [0.15, 0.2) is 18.2 Å². The van der Waals surface area contributed by atoms with Crippen molar-refractivity contribution < 1.29 is 28.7 Å². The molecule has 0 saturated heterocycles. The van der Waals surface area contributed by atoms with Crippen LogP contribution in [-0.2, 0) is 9.53 Å². The summed E-state index contributed by atoms with van der Waals surface area (Å²) in [6, 6.07) is 20.7. The van der Waals surface area contributed by atoms with Gasteiger partial charge in [0.1, 0.15) is 0 Å². The van der Waals surface area contributed by atoms with E-state index in [2.05, 4.69) is 5.32 Å². The Morgan fingerprint density at radius 3 is 2.11 bits per heavy atom. The molecule has 0 fully saturated rings. The number of nitrogens with one attached hydrogen (secondary N) is 1. The number of amides is 1. The number of esters is 1. The Kier molecular flexibility index (Phi) is 6.10. The van der Waals surface area contributed by atoms with Crippen LogP contribution in [0, 0.1) is 0 Å². The number of anilines is 1. The van der Waals surface area contributed by atoms with E-state index in [1.54, 1.807) is 60.0 Å². The zero-order chi connectivity index (χ0) is 25.2. The van der Waals surface area contributed by atoms with Crippen LogP contribution in [0.5, 0.6) is 0 Å². The Hall–Kier alpha value is -4.69. The van der Waals surface area contributed by atoms with Crippen molar-refractivity contribution in [3.63, 3.8) is 0 Å². The van der Waals surface area contributed by atoms with Gasteiger partial charge in [0.2, 0.25) is 5.78 Å². The Morgan fingerprint density at radius 2 is 1.39 bits per heavy atom. The van der Waals surface area contributed by atoms with Crippen LogP contribution in [0.2, 0.25) is 0 Å². The molecule has 1 aromatic heterocycles. The summed E-state index contributed by atoms with van der Waals surface area (Å²) in [4.78, 5) is 64.5. The molecule has 1 amide bonds. The second-order valence-corrected chi connectivity index (χ2v) is 8.86. The van der Waals surface area contributed by atoms with Crippen LogP contribution < -0.4 is 5.32 Å². The number of ketones is 3. The molecular weight excluding hydrogens is 478 g/mol. The topological polar surface area (TPSA) is 107 Å². The van der Waals surface area contributed by atoms with Crippen molar-refractivity contribution in [1.29, 1.82) is 0 Å². The highest BCUT2D eigenvalue weighted by atomic mass is 32.1. The average molecular weight is 496 g/mol. The van der Waals surface area contributed by atoms with Crippen molar-refractivity contribution in [2.24, 2.45) is 0 Å². The van der Waals surface area contributed by atoms with Crippen molar-refractivity contribution in [3.05, 3.63) is 123 Å². The summed E-state index contributed by atoms with van der Waals surface area (Å²) < 4.78 is 5.17. The van der Waals surface area contributed by atoms with E-state index in [1.807, 2.05) is 0 Å². The molecule has 0 radical (unpaired) electrons. The molecule has 1 aliphatic carbocycles. The fourth-order valence-electron chi connectivity index (χ4n) is 4.04. The third kappa shape index (κ3) is 4.14. The molecule has 7 nitrogen and oxygen atoms in total. The van der Waals surface area contributed by atoms with Gasteiger partial charge in [0.05, 0.1) is 21.7 Å². The summed E-state index contributed by atoms with van der Waals surface area (Å²) >= 11 is 1.26. The van der Waals surface area contributed by atoms with Gasteiger partial charge in [-0.05, 0) is 23.6 Å². The molecule has 4 aromatic rings. The van der Waals surface area contributed by atoms with E-state index in [9.17, 15) is 24.0 Å². The van der Waals surface area contributed by atoms with Gasteiger partial charge in [-0.2, -0.15) is 0 Å². The van der Waals surface area contributed by atoms with Gasteiger partial charge in [0, 0.05) is 22.3 Å². The molecule has 8 heteroatoms. The summed E-state index contributed by atoms with van der Waals surface area (Å²) in [6.07, 6.45) is 0. The van der Waals surface area contributed by atoms with Crippen LogP contribution in [0.3, 0.4) is 0 Å². The van der Waals surface area contributed by atoms with E-state index in [-0.39, 0.29) is 50.9 Å². The lowest BCUT2D eigenvalue weighted by atomic mass is 9.83. The Bertz CT molecular complexity index is 1550. The zero-order valence-corrected chi connectivity index (χ0v) is 19.5. The third-order valence-electron chi connectivity index (χ3n) is 5.70. The van der Waals surface area contributed by atoms with Crippen molar-refractivity contribution in [3.8, 4) is 0 Å². The van der Waals surface area contributed by atoms with Gasteiger partial charge in [-0.3, -0.25) is 19.2 Å². The molecule has 1 heterocycles. The molecule has 176 valence electrons. The summed E-state index contributed by atoms with van der Waals surface area (Å²) in [5.41, 5.74) is 1.21. The van der Waals surface area contributed by atoms with Gasteiger partial charge >= 0.3 is 5.97 Å². The van der Waals surface area contributed by atoms with Gasteiger partial charge in [-0.1, -0.05) is 60.7 Å². The van der Waals surface area contributed by atoms with E-state index in [0.29, 0.717) is 10.4 Å².